The summed E-state index contributed by atoms with van der Waals surface area (Å²) in [6.07, 6.45) is -4.69. The highest BCUT2D eigenvalue weighted by Crippen LogP contribution is 2.36. The molecule has 0 saturated heterocycles. The molecule has 314 valence electrons. The van der Waals surface area contributed by atoms with Crippen LogP contribution >= 0.6 is 23.2 Å². The largest absolute Gasteiger partial charge is 0.417 e. The number of aliphatic hydroxyl groups is 1. The van der Waals surface area contributed by atoms with Crippen molar-refractivity contribution in [1.29, 1.82) is 0 Å². The van der Waals surface area contributed by atoms with Gasteiger partial charge in [0.1, 0.15) is 6.29 Å². The fraction of sp³-hybridized carbons (Fsp3) is 0.175. The Morgan fingerprint density at radius 2 is 1.02 bits per heavy atom. The molecule has 6 rings (SSSR count). The van der Waals surface area contributed by atoms with Gasteiger partial charge in [0.15, 0.2) is 0 Å². The van der Waals surface area contributed by atoms with E-state index in [0.717, 1.165) is 47.2 Å². The van der Waals surface area contributed by atoms with Crippen LogP contribution in [-0.2, 0) is 62.3 Å². The number of aldehydes is 1. The molecule has 2 aromatic heterocycles. The normalized spacial score (nSPS) is 11.4. The number of H-pyrrole nitrogens is 2. The second kappa shape index (κ2) is 19.1. The quantitative estimate of drug-likeness (QED) is 0.0426. The molecule has 4 aromatic carbocycles. The number of halogens is 8. The van der Waals surface area contributed by atoms with Crippen molar-refractivity contribution in [2.75, 3.05) is 17.2 Å². The number of benzene rings is 4. The number of fused-ring (bicyclic) bond motifs is 2. The van der Waals surface area contributed by atoms with Gasteiger partial charge in [-0.3, -0.25) is 19.2 Å². The SMILES string of the molecule is O=C(NCc1ccc(C(F)(F)F)c(Cl)c1)C(=O)Nc1c[nH]c2ccc(CCO)cc12.O=CCc1ccc2[nH]cc(NC(=O)C(=O)NCc3ccc(C(F)(F)F)c(Cl)c3)c2c1. The van der Waals surface area contributed by atoms with Crippen molar-refractivity contribution in [2.45, 2.75) is 38.3 Å². The lowest BCUT2D eigenvalue weighted by Crippen LogP contribution is -2.34. The molecular formula is C40H32Cl2F6N6O6. The molecule has 0 atom stereocenters. The number of rotatable bonds is 10. The van der Waals surface area contributed by atoms with Crippen LogP contribution in [0.5, 0.6) is 0 Å². The summed E-state index contributed by atoms with van der Waals surface area (Å²) in [5.41, 5.74) is 2.47. The number of carbonyl (C=O) groups is 5. The topological polar surface area (TPSA) is 185 Å². The molecule has 7 N–H and O–H groups in total. The zero-order valence-electron chi connectivity index (χ0n) is 30.7. The van der Waals surface area contributed by atoms with E-state index in [-0.39, 0.29) is 26.1 Å². The minimum Gasteiger partial charge on any atom is -0.396 e. The summed E-state index contributed by atoms with van der Waals surface area (Å²) < 4.78 is 76.4. The second-order valence-electron chi connectivity index (χ2n) is 12.9. The molecule has 0 unspecified atom stereocenters. The first-order chi connectivity index (χ1) is 28.4. The van der Waals surface area contributed by atoms with Crippen LogP contribution in [0.1, 0.15) is 33.4 Å². The molecule has 2 heterocycles. The maximum Gasteiger partial charge on any atom is 0.417 e. The number of anilines is 2. The minimum atomic E-state index is -4.58. The predicted molar refractivity (Wildman–Crippen MR) is 211 cm³/mol. The van der Waals surface area contributed by atoms with Gasteiger partial charge in [0.05, 0.1) is 32.5 Å². The van der Waals surface area contributed by atoms with Crippen molar-refractivity contribution in [3.63, 3.8) is 0 Å². The van der Waals surface area contributed by atoms with Crippen LogP contribution in [0.4, 0.5) is 37.7 Å². The third-order valence-corrected chi connectivity index (χ3v) is 9.33. The molecule has 20 heteroatoms. The molecule has 6 aromatic rings. The van der Waals surface area contributed by atoms with Gasteiger partial charge < -0.3 is 41.1 Å². The first-order valence-corrected chi connectivity index (χ1v) is 18.3. The second-order valence-corrected chi connectivity index (χ2v) is 13.7. The smallest absolute Gasteiger partial charge is 0.396 e. The van der Waals surface area contributed by atoms with Crippen molar-refractivity contribution in [3.8, 4) is 0 Å². The van der Waals surface area contributed by atoms with Crippen molar-refractivity contribution in [1.82, 2.24) is 20.6 Å². The molecule has 12 nitrogen and oxygen atoms in total. The number of hydrogen-bond acceptors (Lipinski definition) is 6. The number of aromatic nitrogens is 2. The molecule has 0 fully saturated rings. The highest BCUT2D eigenvalue weighted by atomic mass is 35.5. The minimum absolute atomic E-state index is 0.0198. The van der Waals surface area contributed by atoms with Crippen LogP contribution in [0.2, 0.25) is 10.0 Å². The Hall–Kier alpha value is -6.37. The standard InChI is InChI=1S/C20H17ClF3N3O3.C20H15ClF3N3O3/c2*21-15-8-12(1-3-14(15)20(22,23)24)9-26-18(29)19(30)27-17-10-25-16-4-2-11(5-6-28)7-13(16)17/h1-4,7-8,10,25,28H,5-6,9H2,(H,26,29)(H,27,30);1-4,6-8,10,25H,5,9H2,(H,26,29)(H,27,30). The van der Waals surface area contributed by atoms with Crippen LogP contribution in [0, 0.1) is 0 Å². The van der Waals surface area contributed by atoms with E-state index in [0.29, 0.717) is 45.2 Å². The molecule has 0 bridgehead atoms. The van der Waals surface area contributed by atoms with Gasteiger partial charge >= 0.3 is 36.0 Å². The van der Waals surface area contributed by atoms with Crippen molar-refractivity contribution < 1.29 is 55.4 Å². The average Bonchev–Trinajstić information content (AvgIpc) is 3.78. The Morgan fingerprint density at radius 3 is 1.42 bits per heavy atom. The van der Waals surface area contributed by atoms with Gasteiger partial charge in [-0.05, 0) is 77.2 Å². The van der Waals surface area contributed by atoms with Crippen LogP contribution in [0.3, 0.4) is 0 Å². The number of aliphatic hydroxyl groups excluding tert-OH is 1. The van der Waals surface area contributed by atoms with E-state index in [1.165, 1.54) is 24.5 Å². The number of nitrogens with one attached hydrogen (secondary N) is 6. The van der Waals surface area contributed by atoms with E-state index < -0.39 is 57.2 Å². The number of hydrogen-bond donors (Lipinski definition) is 7. The van der Waals surface area contributed by atoms with Crippen LogP contribution in [-0.4, -0.2) is 51.6 Å². The zero-order chi connectivity index (χ0) is 43.8. The Bertz CT molecular complexity index is 2570. The van der Waals surface area contributed by atoms with E-state index in [4.69, 9.17) is 28.3 Å². The third-order valence-electron chi connectivity index (χ3n) is 8.70. The summed E-state index contributed by atoms with van der Waals surface area (Å²) in [4.78, 5) is 65.1. The van der Waals surface area contributed by atoms with Gasteiger partial charge in [-0.15, -0.1) is 0 Å². The molecule has 0 spiro atoms. The molecule has 0 aliphatic heterocycles. The molecule has 60 heavy (non-hydrogen) atoms. The molecule has 0 aliphatic carbocycles. The van der Waals surface area contributed by atoms with Gasteiger partial charge in [-0.1, -0.05) is 47.5 Å². The predicted octanol–water partition coefficient (Wildman–Crippen LogP) is 7.47. The van der Waals surface area contributed by atoms with Crippen LogP contribution in [0.25, 0.3) is 21.8 Å². The van der Waals surface area contributed by atoms with Crippen LogP contribution in [0.15, 0.2) is 85.2 Å². The van der Waals surface area contributed by atoms with Crippen molar-refractivity contribution >= 4 is 86.3 Å². The fourth-order valence-electron chi connectivity index (χ4n) is 5.73. The van der Waals surface area contributed by atoms with Gasteiger partial charge in [-0.25, -0.2) is 0 Å². The number of alkyl halides is 6. The lowest BCUT2D eigenvalue weighted by molar-refractivity contribution is -0.138. The highest BCUT2D eigenvalue weighted by molar-refractivity contribution is 6.40. The Morgan fingerprint density at radius 1 is 0.600 bits per heavy atom. The molecule has 0 radical (unpaired) electrons. The fourth-order valence-corrected chi connectivity index (χ4v) is 6.35. The van der Waals surface area contributed by atoms with E-state index in [2.05, 4.69) is 31.2 Å². The lowest BCUT2D eigenvalue weighted by atomic mass is 10.1. The summed E-state index contributed by atoms with van der Waals surface area (Å²) in [5.74, 6) is -3.80. The van der Waals surface area contributed by atoms with Gasteiger partial charge in [-0.2, -0.15) is 26.3 Å². The average molecular weight is 878 g/mol. The van der Waals surface area contributed by atoms with Crippen molar-refractivity contribution in [3.05, 3.63) is 129 Å². The highest BCUT2D eigenvalue weighted by Gasteiger charge is 2.34. The molecular weight excluding hydrogens is 845 g/mol. The summed E-state index contributed by atoms with van der Waals surface area (Å²) in [7, 11) is 0. The van der Waals surface area contributed by atoms with E-state index in [9.17, 15) is 50.3 Å². The Balaban J connectivity index is 0.000000228. The maximum atomic E-state index is 12.7. The van der Waals surface area contributed by atoms with E-state index in [1.54, 1.807) is 30.3 Å². The Kier molecular flexibility index (Phi) is 14.3. The zero-order valence-corrected chi connectivity index (χ0v) is 32.2. The summed E-state index contributed by atoms with van der Waals surface area (Å²) in [5, 5.41) is 19.0. The molecule has 0 aliphatic rings. The van der Waals surface area contributed by atoms with E-state index in [1.807, 2.05) is 6.07 Å². The monoisotopic (exact) mass is 876 g/mol. The summed E-state index contributed by atoms with van der Waals surface area (Å²) in [6, 6.07) is 16.8. The van der Waals surface area contributed by atoms with Crippen molar-refractivity contribution in [2.24, 2.45) is 0 Å². The first kappa shape index (κ1) is 44.7. The summed E-state index contributed by atoms with van der Waals surface area (Å²) in [6.45, 7) is -0.367. The number of aromatic amines is 2. The summed E-state index contributed by atoms with van der Waals surface area (Å²) >= 11 is 11.3. The molecule has 4 amide bonds. The maximum absolute atomic E-state index is 12.7. The van der Waals surface area contributed by atoms with Gasteiger partial charge in [0.25, 0.3) is 0 Å². The van der Waals surface area contributed by atoms with E-state index >= 15 is 0 Å². The van der Waals surface area contributed by atoms with Gasteiger partial charge in [0.2, 0.25) is 0 Å². The Labute approximate surface area is 345 Å². The van der Waals surface area contributed by atoms with Crippen LogP contribution < -0.4 is 21.3 Å². The number of amides is 4. The first-order valence-electron chi connectivity index (χ1n) is 17.5. The third kappa shape index (κ3) is 11.4. The molecule has 0 saturated carbocycles. The number of carbonyl (C=O) groups excluding carboxylic acids is 5. The van der Waals surface area contributed by atoms with Gasteiger partial charge in [0, 0.05) is 60.3 Å². The lowest BCUT2D eigenvalue weighted by Gasteiger charge is -2.11.